The fraction of sp³-hybridized carbons (Fsp3) is 0.182. The van der Waals surface area contributed by atoms with E-state index in [-0.39, 0.29) is 17.6 Å². The van der Waals surface area contributed by atoms with Gasteiger partial charge in [0.15, 0.2) is 5.76 Å². The minimum atomic E-state index is -0.343. The van der Waals surface area contributed by atoms with E-state index in [1.165, 1.54) is 13.4 Å². The molecule has 2 heterocycles. The summed E-state index contributed by atoms with van der Waals surface area (Å²) in [6.45, 7) is 0.589. The van der Waals surface area contributed by atoms with Crippen LogP contribution in [0.4, 0.5) is 11.4 Å². The highest BCUT2D eigenvalue weighted by molar-refractivity contribution is 6.31. The molecule has 0 spiro atoms. The first-order chi connectivity index (χ1) is 14.1. The molecule has 1 aromatic heterocycles. The number of carbonyl (C=O) groups excluding carboxylic acids is 2. The van der Waals surface area contributed by atoms with Gasteiger partial charge in [0.1, 0.15) is 5.75 Å². The van der Waals surface area contributed by atoms with E-state index in [9.17, 15) is 9.59 Å². The standard InChI is InChI=1S/C22H19ClN2O4/c1-28-19-9-7-15(23)12-17(19)21(26)24-16-8-6-14-4-2-10-25(18(14)13-16)22(27)20-5-3-11-29-20/h3,5-9,11-13H,2,4,10H2,1H3,(H,24,26). The van der Waals surface area contributed by atoms with E-state index in [0.717, 1.165) is 24.1 Å². The molecule has 7 heteroatoms. The van der Waals surface area contributed by atoms with E-state index in [1.54, 1.807) is 35.2 Å². The molecule has 148 valence electrons. The number of ether oxygens (including phenoxy) is 1. The maximum absolute atomic E-state index is 12.8. The van der Waals surface area contributed by atoms with Gasteiger partial charge in [-0.15, -0.1) is 0 Å². The molecule has 4 rings (SSSR count). The highest BCUT2D eigenvalue weighted by Gasteiger charge is 2.26. The van der Waals surface area contributed by atoms with Crippen molar-refractivity contribution in [3.05, 3.63) is 76.7 Å². The third-order valence-electron chi connectivity index (χ3n) is 4.85. The highest BCUT2D eigenvalue weighted by atomic mass is 35.5. The van der Waals surface area contributed by atoms with Gasteiger partial charge in [-0.05, 0) is 60.9 Å². The molecule has 1 N–H and O–H groups in total. The molecule has 6 nitrogen and oxygen atoms in total. The minimum absolute atomic E-state index is 0.198. The van der Waals surface area contributed by atoms with Gasteiger partial charge in [-0.2, -0.15) is 0 Å². The maximum atomic E-state index is 12.8. The third-order valence-corrected chi connectivity index (χ3v) is 5.08. The zero-order valence-electron chi connectivity index (χ0n) is 15.8. The van der Waals surface area contributed by atoms with Crippen LogP contribution in [0.5, 0.6) is 5.75 Å². The maximum Gasteiger partial charge on any atom is 0.293 e. The number of nitrogens with one attached hydrogen (secondary N) is 1. The van der Waals surface area contributed by atoms with Crippen molar-refractivity contribution in [1.29, 1.82) is 0 Å². The SMILES string of the molecule is COc1ccc(Cl)cc1C(=O)Nc1ccc2c(c1)N(C(=O)c1ccco1)CCC2. The molecular weight excluding hydrogens is 392 g/mol. The quantitative estimate of drug-likeness (QED) is 0.671. The topological polar surface area (TPSA) is 71.8 Å². The molecule has 29 heavy (non-hydrogen) atoms. The number of nitrogens with zero attached hydrogens (tertiary/aromatic N) is 1. The Labute approximate surface area is 173 Å². The average molecular weight is 411 g/mol. The number of hydrogen-bond acceptors (Lipinski definition) is 4. The first kappa shape index (κ1) is 19.1. The van der Waals surface area contributed by atoms with Crippen LogP contribution in [-0.2, 0) is 6.42 Å². The number of hydrogen-bond donors (Lipinski definition) is 1. The lowest BCUT2D eigenvalue weighted by Crippen LogP contribution is -2.35. The Morgan fingerprint density at radius 1 is 1.17 bits per heavy atom. The fourth-order valence-electron chi connectivity index (χ4n) is 3.45. The van der Waals surface area contributed by atoms with Gasteiger partial charge in [-0.3, -0.25) is 9.59 Å². The molecule has 0 saturated carbocycles. The highest BCUT2D eigenvalue weighted by Crippen LogP contribution is 2.32. The lowest BCUT2D eigenvalue weighted by molar-refractivity contribution is 0.0957. The number of amides is 2. The number of fused-ring (bicyclic) bond motifs is 1. The van der Waals surface area contributed by atoms with Crippen molar-refractivity contribution in [3.8, 4) is 5.75 Å². The van der Waals surface area contributed by atoms with Crippen molar-refractivity contribution in [2.45, 2.75) is 12.8 Å². The van der Waals surface area contributed by atoms with Gasteiger partial charge in [-0.25, -0.2) is 0 Å². The smallest absolute Gasteiger partial charge is 0.293 e. The molecule has 0 bridgehead atoms. The Bertz CT molecular complexity index is 1060. The summed E-state index contributed by atoms with van der Waals surface area (Å²) >= 11 is 6.03. The summed E-state index contributed by atoms with van der Waals surface area (Å²) in [7, 11) is 1.50. The van der Waals surface area contributed by atoms with Crippen molar-refractivity contribution in [2.24, 2.45) is 0 Å². The summed E-state index contributed by atoms with van der Waals surface area (Å²) in [5.74, 6) is 0.176. The molecule has 0 unspecified atom stereocenters. The van der Waals surface area contributed by atoms with E-state index >= 15 is 0 Å². The van der Waals surface area contributed by atoms with Crippen molar-refractivity contribution in [2.75, 3.05) is 23.9 Å². The first-order valence-electron chi connectivity index (χ1n) is 9.20. The Hall–Kier alpha value is -3.25. The van der Waals surface area contributed by atoms with E-state index in [2.05, 4.69) is 5.32 Å². The van der Waals surface area contributed by atoms with Gasteiger partial charge in [0, 0.05) is 22.9 Å². The van der Waals surface area contributed by atoms with Crippen molar-refractivity contribution in [3.63, 3.8) is 0 Å². The van der Waals surface area contributed by atoms with E-state index in [4.69, 9.17) is 20.8 Å². The van der Waals surface area contributed by atoms with Crippen LogP contribution >= 0.6 is 11.6 Å². The molecule has 0 aliphatic carbocycles. The van der Waals surface area contributed by atoms with Crippen LogP contribution in [0, 0.1) is 0 Å². The van der Waals surface area contributed by atoms with Crippen LogP contribution in [-0.4, -0.2) is 25.5 Å². The van der Waals surface area contributed by atoms with Crippen molar-refractivity contribution >= 4 is 34.8 Å². The second-order valence-corrected chi connectivity index (χ2v) is 7.12. The Kier molecular flexibility index (Phi) is 5.27. The summed E-state index contributed by atoms with van der Waals surface area (Å²) < 4.78 is 10.5. The predicted molar refractivity (Wildman–Crippen MR) is 111 cm³/mol. The number of aryl methyl sites for hydroxylation is 1. The van der Waals surface area contributed by atoms with Crippen LogP contribution in [0.2, 0.25) is 5.02 Å². The molecular formula is C22H19ClN2O4. The molecule has 0 atom stereocenters. The number of methoxy groups -OCH3 is 1. The Morgan fingerprint density at radius 3 is 2.79 bits per heavy atom. The Balaban J connectivity index is 1.62. The monoisotopic (exact) mass is 410 g/mol. The first-order valence-corrected chi connectivity index (χ1v) is 9.58. The Morgan fingerprint density at radius 2 is 2.03 bits per heavy atom. The average Bonchev–Trinajstić information content (AvgIpc) is 3.27. The lowest BCUT2D eigenvalue weighted by Gasteiger charge is -2.29. The van der Waals surface area contributed by atoms with Crippen LogP contribution in [0.3, 0.4) is 0 Å². The molecule has 1 aliphatic heterocycles. The third kappa shape index (κ3) is 3.84. The van der Waals surface area contributed by atoms with Crippen LogP contribution in [0.1, 0.15) is 32.9 Å². The second-order valence-electron chi connectivity index (χ2n) is 6.68. The number of anilines is 2. The number of furan rings is 1. The van der Waals surface area contributed by atoms with E-state index < -0.39 is 0 Å². The van der Waals surface area contributed by atoms with Crippen LogP contribution in [0.15, 0.2) is 59.2 Å². The molecule has 2 amide bonds. The summed E-state index contributed by atoms with van der Waals surface area (Å²) in [6.07, 6.45) is 3.21. The number of benzene rings is 2. The molecule has 0 saturated heterocycles. The summed E-state index contributed by atoms with van der Waals surface area (Å²) in [6, 6.07) is 13.8. The number of halogens is 1. The van der Waals surface area contributed by atoms with Crippen LogP contribution < -0.4 is 15.0 Å². The minimum Gasteiger partial charge on any atom is -0.496 e. The van der Waals surface area contributed by atoms with E-state index in [1.807, 2.05) is 18.2 Å². The van der Waals surface area contributed by atoms with Gasteiger partial charge < -0.3 is 19.4 Å². The molecule has 1 aliphatic rings. The van der Waals surface area contributed by atoms with Crippen LogP contribution in [0.25, 0.3) is 0 Å². The fourth-order valence-corrected chi connectivity index (χ4v) is 3.62. The van der Waals surface area contributed by atoms with Gasteiger partial charge in [0.05, 0.1) is 18.9 Å². The zero-order valence-corrected chi connectivity index (χ0v) is 16.5. The molecule has 0 fully saturated rings. The van der Waals surface area contributed by atoms with Crippen molar-refractivity contribution in [1.82, 2.24) is 0 Å². The van der Waals surface area contributed by atoms with Gasteiger partial charge in [0.2, 0.25) is 0 Å². The van der Waals surface area contributed by atoms with E-state index in [0.29, 0.717) is 28.6 Å². The van der Waals surface area contributed by atoms with Crippen molar-refractivity contribution < 1.29 is 18.7 Å². The summed E-state index contributed by atoms with van der Waals surface area (Å²) in [5, 5.41) is 3.31. The van der Waals surface area contributed by atoms with Gasteiger partial charge >= 0.3 is 0 Å². The predicted octanol–water partition coefficient (Wildman–Crippen LogP) is 4.79. The zero-order chi connectivity index (χ0) is 20.4. The molecule has 3 aromatic rings. The number of rotatable bonds is 4. The second kappa shape index (κ2) is 8.01. The normalized spacial score (nSPS) is 13.0. The molecule has 2 aromatic carbocycles. The van der Waals surface area contributed by atoms with Gasteiger partial charge in [0.25, 0.3) is 11.8 Å². The summed E-state index contributed by atoms with van der Waals surface area (Å²) in [5.41, 5.74) is 2.74. The largest absolute Gasteiger partial charge is 0.496 e. The number of carbonyl (C=O) groups is 2. The van der Waals surface area contributed by atoms with Gasteiger partial charge in [-0.1, -0.05) is 17.7 Å². The molecule has 0 radical (unpaired) electrons. The summed E-state index contributed by atoms with van der Waals surface area (Å²) in [4.78, 5) is 27.3. The lowest BCUT2D eigenvalue weighted by atomic mass is 10.0.